The van der Waals surface area contributed by atoms with Gasteiger partial charge in [0, 0.05) is 17.6 Å². The van der Waals surface area contributed by atoms with Gasteiger partial charge in [0.2, 0.25) is 5.88 Å². The number of hydrogen-bond donors (Lipinski definition) is 1. The molecule has 0 aliphatic heterocycles. The molecule has 0 aliphatic rings. The molecule has 0 saturated carbocycles. The molecule has 0 amide bonds. The Morgan fingerprint density at radius 2 is 1.83 bits per heavy atom. The zero-order valence-electron chi connectivity index (χ0n) is 12.5. The van der Waals surface area contributed by atoms with Crippen molar-refractivity contribution in [1.29, 1.82) is 0 Å². The van der Waals surface area contributed by atoms with Crippen molar-refractivity contribution in [2.24, 2.45) is 5.73 Å². The van der Waals surface area contributed by atoms with Crippen molar-refractivity contribution in [2.75, 3.05) is 0 Å². The zero-order valence-corrected chi connectivity index (χ0v) is 14.0. The summed E-state index contributed by atoms with van der Waals surface area (Å²) >= 11 is 12.2. The molecule has 6 heteroatoms. The van der Waals surface area contributed by atoms with E-state index in [4.69, 9.17) is 33.7 Å². The molecule has 0 saturated heterocycles. The Labute approximate surface area is 144 Å². The van der Waals surface area contributed by atoms with Gasteiger partial charge in [0.25, 0.3) is 0 Å². The second kappa shape index (κ2) is 6.62. The third-order valence-corrected chi connectivity index (χ3v) is 3.86. The van der Waals surface area contributed by atoms with Crippen LogP contribution < -0.4 is 10.5 Å². The predicted octanol–water partition coefficient (Wildman–Crippen LogP) is 4.74. The van der Waals surface area contributed by atoms with E-state index >= 15 is 0 Å². The van der Waals surface area contributed by atoms with Gasteiger partial charge in [0.15, 0.2) is 0 Å². The Morgan fingerprint density at radius 3 is 2.48 bits per heavy atom. The van der Waals surface area contributed by atoms with Gasteiger partial charge in [-0.05, 0) is 37.3 Å². The maximum Gasteiger partial charge on any atom is 0.222 e. The Morgan fingerprint density at radius 1 is 1.09 bits per heavy atom. The molecule has 0 aliphatic carbocycles. The first-order valence-corrected chi connectivity index (χ1v) is 7.81. The lowest BCUT2D eigenvalue weighted by Crippen LogP contribution is -2.02. The molecular formula is C17H15Cl2N3O. The number of hydrogen-bond acceptors (Lipinski definition) is 3. The summed E-state index contributed by atoms with van der Waals surface area (Å²) in [7, 11) is 0. The van der Waals surface area contributed by atoms with E-state index in [2.05, 4.69) is 5.10 Å². The van der Waals surface area contributed by atoms with Crippen LogP contribution >= 0.6 is 23.2 Å². The number of halogens is 2. The van der Waals surface area contributed by atoms with E-state index in [9.17, 15) is 0 Å². The lowest BCUT2D eigenvalue weighted by atomic mass is 10.2. The van der Waals surface area contributed by atoms with Crippen LogP contribution in [0.5, 0.6) is 11.6 Å². The molecule has 0 fully saturated rings. The fourth-order valence-electron chi connectivity index (χ4n) is 2.14. The fourth-order valence-corrected chi connectivity index (χ4v) is 2.62. The van der Waals surface area contributed by atoms with Crippen molar-refractivity contribution in [3.63, 3.8) is 0 Å². The summed E-state index contributed by atoms with van der Waals surface area (Å²) in [4.78, 5) is 0. The molecule has 1 aromatic heterocycles. The summed E-state index contributed by atoms with van der Waals surface area (Å²) in [6.07, 6.45) is 0. The minimum atomic E-state index is 0.308. The van der Waals surface area contributed by atoms with Gasteiger partial charge in [-0.15, -0.1) is 0 Å². The highest BCUT2D eigenvalue weighted by Gasteiger charge is 2.14. The molecule has 3 aromatic rings. The second-order valence-corrected chi connectivity index (χ2v) is 5.94. The lowest BCUT2D eigenvalue weighted by molar-refractivity contribution is 0.444. The highest BCUT2D eigenvalue weighted by atomic mass is 35.5. The number of nitrogens with zero attached hydrogens (tertiary/aromatic N) is 2. The minimum absolute atomic E-state index is 0.308. The molecule has 0 spiro atoms. The Bertz CT molecular complexity index is 828. The van der Waals surface area contributed by atoms with E-state index in [0.29, 0.717) is 39.6 Å². The van der Waals surface area contributed by atoms with Crippen molar-refractivity contribution in [3.05, 3.63) is 69.8 Å². The minimum Gasteiger partial charge on any atom is -0.439 e. The van der Waals surface area contributed by atoms with E-state index in [1.54, 1.807) is 28.9 Å². The van der Waals surface area contributed by atoms with Gasteiger partial charge in [-0.25, -0.2) is 0 Å². The van der Waals surface area contributed by atoms with Crippen LogP contribution in [0.3, 0.4) is 0 Å². The number of aromatic nitrogens is 2. The van der Waals surface area contributed by atoms with Gasteiger partial charge in [-0.1, -0.05) is 40.9 Å². The Balaban J connectivity index is 2.03. The van der Waals surface area contributed by atoms with Gasteiger partial charge >= 0.3 is 0 Å². The van der Waals surface area contributed by atoms with Gasteiger partial charge in [-0.2, -0.15) is 9.78 Å². The molecule has 23 heavy (non-hydrogen) atoms. The van der Waals surface area contributed by atoms with Crippen LogP contribution in [0.4, 0.5) is 0 Å². The second-order valence-electron chi connectivity index (χ2n) is 5.10. The molecular weight excluding hydrogens is 333 g/mol. The standard InChI is InChI=1S/C17H15Cl2N3O/c1-11-2-5-14(6-3-11)23-17-9-13(10-20)21-22(17)16-7-4-12(18)8-15(16)19/h2-9H,10,20H2,1H3. The maximum absolute atomic E-state index is 6.28. The first kappa shape index (κ1) is 15.9. The van der Waals surface area contributed by atoms with Crippen molar-refractivity contribution in [1.82, 2.24) is 9.78 Å². The lowest BCUT2D eigenvalue weighted by Gasteiger charge is -2.10. The molecule has 4 nitrogen and oxygen atoms in total. The van der Waals surface area contributed by atoms with E-state index in [1.165, 1.54) is 0 Å². The monoisotopic (exact) mass is 347 g/mol. The normalized spacial score (nSPS) is 10.8. The highest BCUT2D eigenvalue weighted by molar-refractivity contribution is 6.35. The van der Waals surface area contributed by atoms with Gasteiger partial charge < -0.3 is 10.5 Å². The van der Waals surface area contributed by atoms with E-state index in [0.717, 1.165) is 5.56 Å². The molecule has 118 valence electrons. The van der Waals surface area contributed by atoms with E-state index < -0.39 is 0 Å². The van der Waals surface area contributed by atoms with Gasteiger partial charge in [-0.3, -0.25) is 0 Å². The largest absolute Gasteiger partial charge is 0.439 e. The van der Waals surface area contributed by atoms with Crippen molar-refractivity contribution in [3.8, 4) is 17.3 Å². The summed E-state index contributed by atoms with van der Waals surface area (Å²) < 4.78 is 7.57. The number of rotatable bonds is 4. The third kappa shape index (κ3) is 3.50. The Hall–Kier alpha value is -2.01. The molecule has 2 aromatic carbocycles. The summed E-state index contributed by atoms with van der Waals surface area (Å²) in [6.45, 7) is 2.33. The summed E-state index contributed by atoms with van der Waals surface area (Å²) in [5, 5.41) is 5.49. The predicted molar refractivity (Wildman–Crippen MR) is 92.7 cm³/mol. The van der Waals surface area contributed by atoms with Crippen LogP contribution in [-0.4, -0.2) is 9.78 Å². The van der Waals surface area contributed by atoms with Crippen LogP contribution in [0.25, 0.3) is 5.69 Å². The van der Waals surface area contributed by atoms with Gasteiger partial charge in [0.1, 0.15) is 5.75 Å². The molecule has 1 heterocycles. The van der Waals surface area contributed by atoms with Crippen LogP contribution in [0.2, 0.25) is 10.0 Å². The number of ether oxygens (including phenoxy) is 1. The first-order chi connectivity index (χ1) is 11.1. The fraction of sp³-hybridized carbons (Fsp3) is 0.118. The van der Waals surface area contributed by atoms with Crippen molar-refractivity contribution >= 4 is 23.2 Å². The maximum atomic E-state index is 6.28. The molecule has 2 N–H and O–H groups in total. The third-order valence-electron chi connectivity index (χ3n) is 3.32. The number of benzene rings is 2. The number of aryl methyl sites for hydroxylation is 1. The van der Waals surface area contributed by atoms with Crippen molar-refractivity contribution in [2.45, 2.75) is 13.5 Å². The first-order valence-electron chi connectivity index (χ1n) is 7.06. The molecule has 0 unspecified atom stereocenters. The van der Waals surface area contributed by atoms with Gasteiger partial charge in [0.05, 0.1) is 16.4 Å². The molecule has 0 bridgehead atoms. The zero-order chi connectivity index (χ0) is 16.4. The van der Waals surface area contributed by atoms with Crippen LogP contribution in [0.15, 0.2) is 48.5 Å². The van der Waals surface area contributed by atoms with E-state index in [1.807, 2.05) is 31.2 Å². The average Bonchev–Trinajstić information content (AvgIpc) is 2.92. The Kier molecular flexibility index (Phi) is 4.57. The summed E-state index contributed by atoms with van der Waals surface area (Å²) in [5.41, 5.74) is 8.25. The van der Waals surface area contributed by atoms with Crippen molar-refractivity contribution < 1.29 is 4.74 Å². The quantitative estimate of drug-likeness (QED) is 0.741. The van der Waals surface area contributed by atoms with Crippen LogP contribution in [0.1, 0.15) is 11.3 Å². The average molecular weight is 348 g/mol. The van der Waals surface area contributed by atoms with Crippen LogP contribution in [0, 0.1) is 6.92 Å². The summed E-state index contributed by atoms with van der Waals surface area (Å²) in [5.74, 6) is 1.25. The highest BCUT2D eigenvalue weighted by Crippen LogP contribution is 2.30. The smallest absolute Gasteiger partial charge is 0.222 e. The SMILES string of the molecule is Cc1ccc(Oc2cc(CN)nn2-c2ccc(Cl)cc2Cl)cc1. The van der Waals surface area contributed by atoms with E-state index in [-0.39, 0.29) is 0 Å². The molecule has 3 rings (SSSR count). The topological polar surface area (TPSA) is 53.1 Å². The number of nitrogens with two attached hydrogens (primary N) is 1. The molecule has 0 radical (unpaired) electrons. The molecule has 0 atom stereocenters. The van der Waals surface area contributed by atoms with Crippen LogP contribution in [-0.2, 0) is 6.54 Å². The summed E-state index contributed by atoms with van der Waals surface area (Å²) in [6, 6.07) is 14.8.